The van der Waals surface area contributed by atoms with Gasteiger partial charge in [-0.2, -0.15) is 18.2 Å². The zero-order chi connectivity index (χ0) is 12.5. The van der Waals surface area contributed by atoms with Gasteiger partial charge < -0.3 is 15.0 Å². The molecule has 0 atom stereocenters. The Labute approximate surface area is 95.1 Å². The summed E-state index contributed by atoms with van der Waals surface area (Å²) in [4.78, 5) is 3.41. The molecule has 2 N–H and O–H groups in total. The SMILES string of the molecule is NCC1(c2nc(C(F)(F)F)no2)CCOCC1. The second kappa shape index (κ2) is 4.26. The van der Waals surface area contributed by atoms with Gasteiger partial charge in [0, 0.05) is 19.8 Å². The summed E-state index contributed by atoms with van der Waals surface area (Å²) in [6.07, 6.45) is -3.62. The molecule has 1 aliphatic heterocycles. The molecule has 0 aromatic carbocycles. The number of rotatable bonds is 2. The first-order chi connectivity index (χ1) is 7.98. The van der Waals surface area contributed by atoms with E-state index in [4.69, 9.17) is 15.0 Å². The van der Waals surface area contributed by atoms with Crippen molar-refractivity contribution in [3.8, 4) is 0 Å². The van der Waals surface area contributed by atoms with Crippen molar-refractivity contribution in [3.05, 3.63) is 11.7 Å². The van der Waals surface area contributed by atoms with Crippen LogP contribution in [0.25, 0.3) is 0 Å². The number of hydrogen-bond acceptors (Lipinski definition) is 5. The highest BCUT2D eigenvalue weighted by Crippen LogP contribution is 2.35. The van der Waals surface area contributed by atoms with Crippen molar-refractivity contribution in [2.24, 2.45) is 5.73 Å². The molecule has 0 unspecified atom stereocenters. The maximum atomic E-state index is 12.4. The lowest BCUT2D eigenvalue weighted by Gasteiger charge is -2.32. The summed E-state index contributed by atoms with van der Waals surface area (Å²) >= 11 is 0. The maximum absolute atomic E-state index is 12.4. The predicted octanol–water partition coefficient (Wildman–Crippen LogP) is 1.10. The highest BCUT2D eigenvalue weighted by molar-refractivity contribution is 5.08. The molecule has 17 heavy (non-hydrogen) atoms. The van der Waals surface area contributed by atoms with E-state index in [2.05, 4.69) is 10.1 Å². The third kappa shape index (κ3) is 2.27. The van der Waals surface area contributed by atoms with Crippen molar-refractivity contribution < 1.29 is 22.4 Å². The van der Waals surface area contributed by atoms with Crippen LogP contribution < -0.4 is 5.73 Å². The third-order valence-corrected chi connectivity index (χ3v) is 2.97. The van der Waals surface area contributed by atoms with E-state index >= 15 is 0 Å². The summed E-state index contributed by atoms with van der Waals surface area (Å²) in [6.45, 7) is 1.03. The van der Waals surface area contributed by atoms with Gasteiger partial charge >= 0.3 is 6.18 Å². The lowest BCUT2D eigenvalue weighted by molar-refractivity contribution is -0.146. The summed E-state index contributed by atoms with van der Waals surface area (Å²) < 4.78 is 46.9. The topological polar surface area (TPSA) is 74.2 Å². The van der Waals surface area contributed by atoms with Crippen LogP contribution in [0.4, 0.5) is 13.2 Å². The molecule has 2 rings (SSSR count). The van der Waals surface area contributed by atoms with Crippen LogP contribution >= 0.6 is 0 Å². The Kier molecular flexibility index (Phi) is 3.09. The molecule has 1 aromatic rings. The molecule has 0 aliphatic carbocycles. The quantitative estimate of drug-likeness (QED) is 0.851. The number of aromatic nitrogens is 2. The van der Waals surface area contributed by atoms with Crippen molar-refractivity contribution in [1.29, 1.82) is 0 Å². The van der Waals surface area contributed by atoms with E-state index in [9.17, 15) is 13.2 Å². The van der Waals surface area contributed by atoms with Crippen molar-refractivity contribution in [1.82, 2.24) is 10.1 Å². The second-order valence-corrected chi connectivity index (χ2v) is 4.02. The third-order valence-electron chi connectivity index (χ3n) is 2.97. The molecule has 1 aromatic heterocycles. The van der Waals surface area contributed by atoms with E-state index in [0.29, 0.717) is 26.1 Å². The van der Waals surface area contributed by atoms with E-state index in [-0.39, 0.29) is 12.4 Å². The molecule has 1 saturated heterocycles. The van der Waals surface area contributed by atoms with Crippen molar-refractivity contribution >= 4 is 0 Å². The fraction of sp³-hybridized carbons (Fsp3) is 0.778. The fourth-order valence-corrected chi connectivity index (χ4v) is 1.82. The zero-order valence-electron chi connectivity index (χ0n) is 8.96. The molecule has 8 heteroatoms. The van der Waals surface area contributed by atoms with Crippen LogP contribution in [0.2, 0.25) is 0 Å². The lowest BCUT2D eigenvalue weighted by Crippen LogP contribution is -2.41. The van der Waals surface area contributed by atoms with E-state index in [1.807, 2.05) is 0 Å². The zero-order valence-corrected chi connectivity index (χ0v) is 8.96. The Morgan fingerprint density at radius 2 is 1.94 bits per heavy atom. The first-order valence-electron chi connectivity index (χ1n) is 5.17. The number of nitrogens with two attached hydrogens (primary N) is 1. The number of halogens is 3. The molecule has 0 radical (unpaired) electrons. The standard InChI is InChI=1S/C9H12F3N3O2/c10-9(11,12)6-14-7(17-15-6)8(5-13)1-3-16-4-2-8/h1-5,13H2. The Hall–Kier alpha value is -1.15. The Morgan fingerprint density at radius 1 is 1.29 bits per heavy atom. The van der Waals surface area contributed by atoms with Gasteiger partial charge in [-0.25, -0.2) is 0 Å². The monoisotopic (exact) mass is 251 g/mol. The summed E-state index contributed by atoms with van der Waals surface area (Å²) in [5, 5.41) is 2.95. The van der Waals surface area contributed by atoms with Gasteiger partial charge in [-0.15, -0.1) is 0 Å². The molecular formula is C9H12F3N3O2. The number of alkyl halides is 3. The fourth-order valence-electron chi connectivity index (χ4n) is 1.82. The smallest absolute Gasteiger partial charge is 0.381 e. The van der Waals surface area contributed by atoms with Crippen LogP contribution in [-0.4, -0.2) is 29.9 Å². The molecule has 0 amide bonds. The van der Waals surface area contributed by atoms with Crippen LogP contribution in [-0.2, 0) is 16.3 Å². The van der Waals surface area contributed by atoms with E-state index in [0.717, 1.165) is 0 Å². The van der Waals surface area contributed by atoms with Crippen LogP contribution in [0.1, 0.15) is 24.6 Å². The molecule has 1 fully saturated rings. The van der Waals surface area contributed by atoms with E-state index in [1.165, 1.54) is 0 Å². The van der Waals surface area contributed by atoms with Crippen molar-refractivity contribution in [3.63, 3.8) is 0 Å². The minimum atomic E-state index is -4.59. The molecule has 2 heterocycles. The van der Waals surface area contributed by atoms with E-state index in [1.54, 1.807) is 0 Å². The number of hydrogen-bond donors (Lipinski definition) is 1. The van der Waals surface area contributed by atoms with Crippen molar-refractivity contribution in [2.45, 2.75) is 24.4 Å². The molecule has 0 spiro atoms. The minimum absolute atomic E-state index is 0.0457. The van der Waals surface area contributed by atoms with Gasteiger partial charge in [0.25, 0.3) is 5.82 Å². The van der Waals surface area contributed by atoms with Crippen LogP contribution in [0, 0.1) is 0 Å². The molecule has 1 aliphatic rings. The minimum Gasteiger partial charge on any atom is -0.381 e. The van der Waals surface area contributed by atoms with Gasteiger partial charge in [0.2, 0.25) is 5.89 Å². The molecule has 0 bridgehead atoms. The molecule has 0 saturated carbocycles. The van der Waals surface area contributed by atoms with Gasteiger partial charge in [-0.1, -0.05) is 5.16 Å². The number of nitrogens with zero attached hydrogens (tertiary/aromatic N) is 2. The van der Waals surface area contributed by atoms with Gasteiger partial charge in [0.1, 0.15) is 0 Å². The van der Waals surface area contributed by atoms with Crippen LogP contribution in [0.5, 0.6) is 0 Å². The largest absolute Gasteiger partial charge is 0.455 e. The van der Waals surface area contributed by atoms with Gasteiger partial charge in [-0.3, -0.25) is 0 Å². The first-order valence-corrected chi connectivity index (χ1v) is 5.17. The predicted molar refractivity (Wildman–Crippen MR) is 50.1 cm³/mol. The van der Waals surface area contributed by atoms with Gasteiger partial charge in [0.15, 0.2) is 0 Å². The average molecular weight is 251 g/mol. The van der Waals surface area contributed by atoms with Gasteiger partial charge in [-0.05, 0) is 12.8 Å². The number of ether oxygens (including phenoxy) is 1. The summed E-state index contributed by atoms with van der Waals surface area (Å²) in [5.41, 5.74) is 4.94. The summed E-state index contributed by atoms with van der Waals surface area (Å²) in [5.74, 6) is -1.30. The maximum Gasteiger partial charge on any atom is 0.455 e. The van der Waals surface area contributed by atoms with Crippen LogP contribution in [0.15, 0.2) is 4.52 Å². The normalized spacial score (nSPS) is 20.5. The van der Waals surface area contributed by atoms with Gasteiger partial charge in [0.05, 0.1) is 5.41 Å². The second-order valence-electron chi connectivity index (χ2n) is 4.02. The molecule has 96 valence electrons. The summed E-state index contributed by atoms with van der Waals surface area (Å²) in [7, 11) is 0. The van der Waals surface area contributed by atoms with E-state index < -0.39 is 17.4 Å². The Morgan fingerprint density at radius 3 is 2.41 bits per heavy atom. The van der Waals surface area contributed by atoms with Crippen LogP contribution in [0.3, 0.4) is 0 Å². The Bertz CT molecular complexity index is 385. The molecular weight excluding hydrogens is 239 g/mol. The lowest BCUT2D eigenvalue weighted by atomic mass is 9.80. The molecule has 5 nitrogen and oxygen atoms in total. The Balaban J connectivity index is 2.28. The highest BCUT2D eigenvalue weighted by Gasteiger charge is 2.43. The highest BCUT2D eigenvalue weighted by atomic mass is 19.4. The first kappa shape index (κ1) is 12.3. The average Bonchev–Trinajstić information content (AvgIpc) is 2.79. The van der Waals surface area contributed by atoms with Crippen molar-refractivity contribution in [2.75, 3.05) is 19.8 Å². The summed E-state index contributed by atoms with van der Waals surface area (Å²) in [6, 6.07) is 0.